The molecule has 1 rings (SSSR count). The first-order chi connectivity index (χ1) is 8.90. The van der Waals surface area contributed by atoms with Crippen LogP contribution in [0.1, 0.15) is 68.3 Å². The van der Waals surface area contributed by atoms with Gasteiger partial charge in [-0.25, -0.2) is 14.8 Å². The number of thioether (sulfide) groups is 1. The van der Waals surface area contributed by atoms with Crippen molar-refractivity contribution in [3.8, 4) is 0 Å². The van der Waals surface area contributed by atoms with Crippen molar-refractivity contribution in [2.24, 2.45) is 0 Å². The lowest BCUT2D eigenvalue weighted by Crippen LogP contribution is -2.12. The van der Waals surface area contributed by atoms with Gasteiger partial charge in [-0.05, 0) is 19.8 Å². The van der Waals surface area contributed by atoms with Crippen molar-refractivity contribution in [1.29, 1.82) is 0 Å². The lowest BCUT2D eigenvalue weighted by molar-refractivity contribution is 0.0690. The molecule has 0 aliphatic heterocycles. The summed E-state index contributed by atoms with van der Waals surface area (Å²) in [7, 11) is 0. The molecule has 1 aromatic heterocycles. The Morgan fingerprint density at radius 3 is 2.26 bits per heavy atom. The Hall–Kier alpha value is -1.10. The number of aromatic nitrogens is 2. The smallest absolute Gasteiger partial charge is 0.340 e. The molecule has 0 aliphatic carbocycles. The van der Waals surface area contributed by atoms with Crippen molar-refractivity contribution >= 4 is 17.7 Å². The number of carbonyl (C=O) groups is 1. The molecule has 0 saturated carbocycles. The third-order valence-electron chi connectivity index (χ3n) is 2.99. The van der Waals surface area contributed by atoms with Crippen LogP contribution < -0.4 is 0 Å². The molecule has 0 radical (unpaired) electrons. The second-order valence-electron chi connectivity index (χ2n) is 4.86. The summed E-state index contributed by atoms with van der Waals surface area (Å²) >= 11 is 1.56. The summed E-state index contributed by atoms with van der Waals surface area (Å²) in [6, 6.07) is 0. The van der Waals surface area contributed by atoms with Gasteiger partial charge in [-0.1, -0.05) is 27.7 Å². The predicted octanol–water partition coefficient (Wildman–Crippen LogP) is 3.89. The Kier molecular flexibility index (Phi) is 5.79. The summed E-state index contributed by atoms with van der Waals surface area (Å²) in [5, 5.41) is 10.3. The van der Waals surface area contributed by atoms with Gasteiger partial charge in [-0.2, -0.15) is 0 Å². The molecule has 0 aromatic carbocycles. The number of rotatable bonds is 6. The van der Waals surface area contributed by atoms with Crippen LogP contribution in [0.2, 0.25) is 0 Å². The number of hydrogen-bond acceptors (Lipinski definition) is 4. The molecule has 4 nitrogen and oxygen atoms in total. The molecule has 0 atom stereocenters. The molecule has 0 aliphatic rings. The van der Waals surface area contributed by atoms with Crippen LogP contribution >= 0.6 is 11.8 Å². The van der Waals surface area contributed by atoms with Crippen molar-refractivity contribution in [3.05, 3.63) is 17.1 Å². The van der Waals surface area contributed by atoms with Crippen LogP contribution in [-0.4, -0.2) is 26.3 Å². The number of hydrogen-bond donors (Lipinski definition) is 1. The second-order valence-corrected chi connectivity index (χ2v) is 6.15. The fourth-order valence-electron chi connectivity index (χ4n) is 1.77. The summed E-state index contributed by atoms with van der Waals surface area (Å²) in [5.74, 6) is -0.0279. The molecule has 0 unspecified atom stereocenters. The maximum absolute atomic E-state index is 11.4. The third kappa shape index (κ3) is 3.93. The average molecular weight is 282 g/mol. The largest absolute Gasteiger partial charge is 0.478 e. The minimum Gasteiger partial charge on any atom is -0.478 e. The summed E-state index contributed by atoms with van der Waals surface area (Å²) in [6.07, 6.45) is 2.00. The summed E-state index contributed by atoms with van der Waals surface area (Å²) in [6.45, 7) is 9.99. The maximum atomic E-state index is 11.4. The number of carboxylic acids is 1. The van der Waals surface area contributed by atoms with E-state index in [0.29, 0.717) is 16.0 Å². The van der Waals surface area contributed by atoms with Crippen LogP contribution in [0.15, 0.2) is 5.03 Å². The number of aromatic carboxylic acids is 1. The highest BCUT2D eigenvalue weighted by Gasteiger charge is 2.21. The van der Waals surface area contributed by atoms with Crippen molar-refractivity contribution in [2.45, 2.75) is 63.7 Å². The Bertz CT molecular complexity index is 457. The van der Waals surface area contributed by atoms with Crippen LogP contribution in [0.25, 0.3) is 0 Å². The molecule has 0 spiro atoms. The molecule has 19 heavy (non-hydrogen) atoms. The van der Waals surface area contributed by atoms with E-state index in [4.69, 9.17) is 0 Å². The average Bonchev–Trinajstić information content (AvgIpc) is 2.34. The zero-order valence-electron chi connectivity index (χ0n) is 12.2. The first kappa shape index (κ1) is 16.0. The number of nitrogens with zero attached hydrogens (tertiary/aromatic N) is 2. The third-order valence-corrected chi connectivity index (χ3v) is 4.51. The fourth-order valence-corrected chi connectivity index (χ4v) is 2.92. The SMILES string of the molecule is CCC(CC)Sc1nc(C(C)C)nc(C)c1C(=O)O. The zero-order valence-corrected chi connectivity index (χ0v) is 13.0. The molecule has 0 bridgehead atoms. The molecule has 0 amide bonds. The minimum atomic E-state index is -0.943. The molecule has 0 fully saturated rings. The summed E-state index contributed by atoms with van der Waals surface area (Å²) in [5.41, 5.74) is 0.806. The molecule has 1 aromatic rings. The molecule has 5 heteroatoms. The normalized spacial score (nSPS) is 11.3. The van der Waals surface area contributed by atoms with E-state index in [1.165, 1.54) is 0 Å². The number of aryl methyl sites for hydroxylation is 1. The van der Waals surface area contributed by atoms with Gasteiger partial charge < -0.3 is 5.11 Å². The van der Waals surface area contributed by atoms with E-state index in [-0.39, 0.29) is 11.5 Å². The van der Waals surface area contributed by atoms with Crippen molar-refractivity contribution in [1.82, 2.24) is 9.97 Å². The van der Waals surface area contributed by atoms with Crippen molar-refractivity contribution in [2.75, 3.05) is 0 Å². The van der Waals surface area contributed by atoms with Gasteiger partial charge in [-0.3, -0.25) is 0 Å². The van der Waals surface area contributed by atoms with Gasteiger partial charge in [0, 0.05) is 11.2 Å². The van der Waals surface area contributed by atoms with Crippen molar-refractivity contribution in [3.63, 3.8) is 0 Å². The van der Waals surface area contributed by atoms with Gasteiger partial charge in [0.1, 0.15) is 16.4 Å². The van der Waals surface area contributed by atoms with E-state index >= 15 is 0 Å². The number of carboxylic acid groups (broad SMARTS) is 1. The maximum Gasteiger partial charge on any atom is 0.340 e. The van der Waals surface area contributed by atoms with Gasteiger partial charge >= 0.3 is 5.97 Å². The summed E-state index contributed by atoms with van der Waals surface area (Å²) < 4.78 is 0. The second kappa shape index (κ2) is 6.89. The highest BCUT2D eigenvalue weighted by atomic mass is 32.2. The van der Waals surface area contributed by atoms with Gasteiger partial charge in [-0.15, -0.1) is 11.8 Å². The molecule has 0 saturated heterocycles. The molecule has 1 N–H and O–H groups in total. The van der Waals surface area contributed by atoms with Gasteiger partial charge in [0.05, 0.1) is 5.69 Å². The van der Waals surface area contributed by atoms with Crippen LogP contribution in [0, 0.1) is 6.92 Å². The molecular formula is C14H22N2O2S. The first-order valence-corrected chi connectivity index (χ1v) is 7.57. The zero-order chi connectivity index (χ0) is 14.6. The van der Waals surface area contributed by atoms with Crippen LogP contribution in [0.3, 0.4) is 0 Å². The van der Waals surface area contributed by atoms with Crippen LogP contribution in [0.4, 0.5) is 0 Å². The van der Waals surface area contributed by atoms with Crippen molar-refractivity contribution < 1.29 is 9.90 Å². The molecule has 1 heterocycles. The highest BCUT2D eigenvalue weighted by molar-refractivity contribution is 7.99. The Balaban J connectivity index is 3.27. The van der Waals surface area contributed by atoms with Crippen LogP contribution in [0.5, 0.6) is 0 Å². The Morgan fingerprint density at radius 1 is 1.26 bits per heavy atom. The quantitative estimate of drug-likeness (QED) is 0.633. The molecule has 106 valence electrons. The predicted molar refractivity (Wildman–Crippen MR) is 78.0 cm³/mol. The Morgan fingerprint density at radius 2 is 1.84 bits per heavy atom. The minimum absolute atomic E-state index is 0.197. The van der Waals surface area contributed by atoms with Gasteiger partial charge in [0.15, 0.2) is 0 Å². The standard InChI is InChI=1S/C14H22N2O2S/c1-6-10(7-2)19-13-11(14(17)18)9(5)15-12(16-13)8(3)4/h8,10H,6-7H2,1-5H3,(H,17,18). The highest BCUT2D eigenvalue weighted by Crippen LogP contribution is 2.30. The Labute approximate surface area is 119 Å². The van der Waals surface area contributed by atoms with Crippen LogP contribution in [-0.2, 0) is 0 Å². The van der Waals surface area contributed by atoms with E-state index in [0.717, 1.165) is 18.7 Å². The molecular weight excluding hydrogens is 260 g/mol. The van der Waals surface area contributed by atoms with E-state index < -0.39 is 5.97 Å². The lowest BCUT2D eigenvalue weighted by Gasteiger charge is -2.16. The lowest BCUT2D eigenvalue weighted by atomic mass is 10.2. The van der Waals surface area contributed by atoms with Gasteiger partial charge in [0.25, 0.3) is 0 Å². The first-order valence-electron chi connectivity index (χ1n) is 6.69. The van der Waals surface area contributed by atoms with E-state index in [2.05, 4.69) is 23.8 Å². The van der Waals surface area contributed by atoms with Gasteiger partial charge in [0.2, 0.25) is 0 Å². The van der Waals surface area contributed by atoms with E-state index in [1.807, 2.05) is 13.8 Å². The monoisotopic (exact) mass is 282 g/mol. The van der Waals surface area contributed by atoms with E-state index in [9.17, 15) is 9.90 Å². The topological polar surface area (TPSA) is 63.1 Å². The summed E-state index contributed by atoms with van der Waals surface area (Å²) in [4.78, 5) is 20.2. The fraction of sp³-hybridized carbons (Fsp3) is 0.643. The van der Waals surface area contributed by atoms with E-state index in [1.54, 1.807) is 18.7 Å².